The number of fused-ring (bicyclic) bond motifs is 1. The first-order chi connectivity index (χ1) is 13.6. The highest BCUT2D eigenvalue weighted by atomic mass is 79.9. The van der Waals surface area contributed by atoms with Gasteiger partial charge in [-0.15, -0.1) is 10.2 Å². The van der Waals surface area contributed by atoms with Gasteiger partial charge in [-0.2, -0.15) is 5.10 Å². The Balaban J connectivity index is 1.50. The normalized spacial score (nSPS) is 12.2. The Hall–Kier alpha value is -2.84. The molecular weight excluding hydrogens is 436 g/mol. The molecule has 0 spiro atoms. The Labute approximate surface area is 174 Å². The van der Waals surface area contributed by atoms with Crippen molar-refractivity contribution in [2.24, 2.45) is 15.3 Å². The second kappa shape index (κ2) is 8.04. The number of nitrogens with zero attached hydrogens (tertiary/aromatic N) is 4. The largest absolute Gasteiger partial charge is 0.360 e. The highest BCUT2D eigenvalue weighted by molar-refractivity contribution is 9.10. The van der Waals surface area contributed by atoms with E-state index in [9.17, 15) is 0 Å². The maximum Gasteiger partial charge on any atom is 0.205 e. The number of nitrogens with one attached hydrogen (secondary N) is 2. The number of hydrazone groups is 1. The van der Waals surface area contributed by atoms with Crippen LogP contribution in [0.2, 0.25) is 0 Å². The summed E-state index contributed by atoms with van der Waals surface area (Å²) in [6.45, 7) is 3.88. The summed E-state index contributed by atoms with van der Waals surface area (Å²) in [4.78, 5) is 7.75. The van der Waals surface area contributed by atoms with Crippen molar-refractivity contribution in [3.8, 4) is 0 Å². The van der Waals surface area contributed by atoms with Gasteiger partial charge in [0, 0.05) is 27.1 Å². The quantitative estimate of drug-likeness (QED) is 0.195. The Morgan fingerprint density at radius 2 is 1.89 bits per heavy atom. The third-order valence-electron chi connectivity index (χ3n) is 4.15. The van der Waals surface area contributed by atoms with Gasteiger partial charge in [0.05, 0.1) is 17.1 Å². The van der Waals surface area contributed by atoms with Crippen LogP contribution in [0.3, 0.4) is 0 Å². The minimum Gasteiger partial charge on any atom is -0.360 e. The van der Waals surface area contributed by atoms with Gasteiger partial charge in [0.15, 0.2) is 5.00 Å². The Kier molecular flexibility index (Phi) is 5.31. The van der Waals surface area contributed by atoms with Crippen molar-refractivity contribution in [2.45, 2.75) is 13.8 Å². The number of aromatic amines is 1. The summed E-state index contributed by atoms with van der Waals surface area (Å²) in [5, 5.41) is 15.7. The molecule has 0 radical (unpaired) electrons. The van der Waals surface area contributed by atoms with Crippen molar-refractivity contribution in [1.82, 2.24) is 9.97 Å². The van der Waals surface area contributed by atoms with Crippen molar-refractivity contribution in [3.05, 3.63) is 70.5 Å². The summed E-state index contributed by atoms with van der Waals surface area (Å²) in [5.74, 6) is 0. The van der Waals surface area contributed by atoms with Gasteiger partial charge in [-0.05, 0) is 44.2 Å². The topological polar surface area (TPSA) is 77.8 Å². The van der Waals surface area contributed by atoms with Crippen LogP contribution in [-0.2, 0) is 0 Å². The van der Waals surface area contributed by atoms with Gasteiger partial charge >= 0.3 is 0 Å². The first-order valence-corrected chi connectivity index (χ1v) is 10.2. The molecule has 0 fully saturated rings. The average Bonchev–Trinajstić information content (AvgIpc) is 3.29. The number of aryl methyl sites for hydroxylation is 1. The Morgan fingerprint density at radius 3 is 2.71 bits per heavy atom. The van der Waals surface area contributed by atoms with Crippen LogP contribution in [0.15, 0.2) is 74.5 Å². The number of azo groups is 1. The van der Waals surface area contributed by atoms with E-state index in [1.165, 1.54) is 11.3 Å². The van der Waals surface area contributed by atoms with Crippen LogP contribution in [0.4, 0.5) is 15.8 Å². The van der Waals surface area contributed by atoms with Crippen LogP contribution in [0.5, 0.6) is 0 Å². The Bertz CT molecular complexity index is 1170. The number of benzene rings is 2. The molecule has 8 heteroatoms. The molecule has 0 saturated carbocycles. The maximum atomic E-state index is 4.49. The molecule has 6 nitrogen and oxygen atoms in total. The molecule has 28 heavy (non-hydrogen) atoms. The molecule has 0 unspecified atom stereocenters. The molecule has 0 bridgehead atoms. The third kappa shape index (κ3) is 4.02. The van der Waals surface area contributed by atoms with Crippen molar-refractivity contribution < 1.29 is 0 Å². The number of anilines is 1. The van der Waals surface area contributed by atoms with Crippen molar-refractivity contribution in [3.63, 3.8) is 0 Å². The lowest BCUT2D eigenvalue weighted by Crippen LogP contribution is -1.98. The van der Waals surface area contributed by atoms with Crippen molar-refractivity contribution in [1.29, 1.82) is 0 Å². The third-order valence-corrected chi connectivity index (χ3v) is 5.63. The number of thiazole rings is 1. The minimum absolute atomic E-state index is 0.682. The molecule has 0 aliphatic rings. The fourth-order valence-corrected chi connectivity index (χ4v) is 3.70. The smallest absolute Gasteiger partial charge is 0.205 e. The predicted molar refractivity (Wildman–Crippen MR) is 119 cm³/mol. The van der Waals surface area contributed by atoms with Crippen molar-refractivity contribution in [2.75, 3.05) is 5.43 Å². The lowest BCUT2D eigenvalue weighted by molar-refractivity contribution is 1.18. The number of H-pyrrole nitrogens is 1. The SMILES string of the molecule is C/C(=N/Nc1nc(C)c(N=Nc2ccc(Br)cc2)s1)c1c[nH]c2ccccc12. The average molecular weight is 453 g/mol. The number of rotatable bonds is 5. The van der Waals surface area contributed by atoms with Crippen LogP contribution >= 0.6 is 27.3 Å². The van der Waals surface area contributed by atoms with E-state index in [4.69, 9.17) is 0 Å². The molecule has 2 aromatic heterocycles. The summed E-state index contributed by atoms with van der Waals surface area (Å²) in [6, 6.07) is 15.8. The molecule has 0 aliphatic heterocycles. The van der Waals surface area contributed by atoms with Gasteiger partial charge in [-0.3, -0.25) is 5.43 Å². The number of hydrogen-bond donors (Lipinski definition) is 2. The van der Waals surface area contributed by atoms with Gasteiger partial charge < -0.3 is 4.98 Å². The molecule has 2 N–H and O–H groups in total. The number of aromatic nitrogens is 2. The first-order valence-electron chi connectivity index (χ1n) is 8.61. The van der Waals surface area contributed by atoms with Crippen LogP contribution in [0.25, 0.3) is 10.9 Å². The predicted octanol–water partition coefficient (Wildman–Crippen LogP) is 6.95. The van der Waals surface area contributed by atoms with E-state index in [1.807, 2.05) is 62.5 Å². The lowest BCUT2D eigenvalue weighted by Gasteiger charge is -1.99. The van der Waals surface area contributed by atoms with E-state index in [-0.39, 0.29) is 0 Å². The molecule has 0 aliphatic carbocycles. The molecular formula is C20H17BrN6S. The van der Waals surface area contributed by atoms with Crippen LogP contribution in [0, 0.1) is 6.92 Å². The van der Waals surface area contributed by atoms with Gasteiger partial charge in [-0.1, -0.05) is 45.5 Å². The summed E-state index contributed by atoms with van der Waals surface area (Å²) in [5.41, 5.74) is 7.67. The zero-order valence-electron chi connectivity index (χ0n) is 15.3. The molecule has 4 aromatic rings. The molecule has 0 saturated heterocycles. The first kappa shape index (κ1) is 18.5. The van der Waals surface area contributed by atoms with Gasteiger partial charge in [0.25, 0.3) is 0 Å². The molecule has 2 aromatic carbocycles. The van der Waals surface area contributed by atoms with Gasteiger partial charge in [-0.25, -0.2) is 4.98 Å². The van der Waals surface area contributed by atoms with Gasteiger partial charge in [0.1, 0.15) is 0 Å². The standard InChI is InChI=1S/C20H17BrN6S/c1-12(17-11-22-18-6-4-3-5-16(17)18)24-27-20-23-13(2)19(28-20)26-25-15-9-7-14(21)8-10-15/h3-11,22H,1-2H3,(H,23,27)/b24-12-,26-25?. The second-order valence-corrected chi connectivity index (χ2v) is 8.04. The molecule has 2 heterocycles. The summed E-state index contributed by atoms with van der Waals surface area (Å²) < 4.78 is 1.01. The molecule has 140 valence electrons. The molecule has 4 rings (SSSR count). The highest BCUT2D eigenvalue weighted by Gasteiger charge is 2.09. The summed E-state index contributed by atoms with van der Waals surface area (Å²) >= 11 is 4.83. The second-order valence-electron chi connectivity index (χ2n) is 6.14. The van der Waals surface area contributed by atoms with E-state index in [0.717, 1.165) is 43.0 Å². The van der Waals surface area contributed by atoms with E-state index in [2.05, 4.69) is 52.7 Å². The van der Waals surface area contributed by atoms with E-state index < -0.39 is 0 Å². The van der Waals surface area contributed by atoms with E-state index in [1.54, 1.807) is 0 Å². The monoisotopic (exact) mass is 452 g/mol. The van der Waals surface area contributed by atoms with E-state index in [0.29, 0.717) is 5.13 Å². The van der Waals surface area contributed by atoms with Crippen molar-refractivity contribution >= 4 is 59.7 Å². The fourth-order valence-electron chi connectivity index (χ4n) is 2.70. The fraction of sp³-hybridized carbons (Fsp3) is 0.100. The van der Waals surface area contributed by atoms with Crippen LogP contribution < -0.4 is 5.43 Å². The van der Waals surface area contributed by atoms with Gasteiger partial charge in [0.2, 0.25) is 5.13 Å². The lowest BCUT2D eigenvalue weighted by atomic mass is 10.1. The number of para-hydroxylation sites is 1. The van der Waals surface area contributed by atoms with Crippen LogP contribution in [-0.4, -0.2) is 15.7 Å². The molecule has 0 amide bonds. The minimum atomic E-state index is 0.682. The zero-order chi connectivity index (χ0) is 19.5. The van der Waals surface area contributed by atoms with E-state index >= 15 is 0 Å². The zero-order valence-corrected chi connectivity index (χ0v) is 17.7. The summed E-state index contributed by atoms with van der Waals surface area (Å²) in [6.07, 6.45) is 1.97. The maximum absolute atomic E-state index is 4.49. The number of halogens is 1. The molecule has 0 atom stereocenters. The number of hydrogen-bond acceptors (Lipinski definition) is 6. The summed E-state index contributed by atoms with van der Waals surface area (Å²) in [7, 11) is 0. The van der Waals surface area contributed by atoms with Crippen LogP contribution in [0.1, 0.15) is 18.2 Å². The Morgan fingerprint density at radius 1 is 1.11 bits per heavy atom. The highest BCUT2D eigenvalue weighted by Crippen LogP contribution is 2.32.